The van der Waals surface area contributed by atoms with Crippen LogP contribution in [0, 0.1) is 6.92 Å². The molecule has 0 amide bonds. The largest absolute Gasteiger partial charge is 0.303 e. The zero-order valence-electron chi connectivity index (χ0n) is 13.5. The van der Waals surface area contributed by atoms with E-state index < -0.39 is 0 Å². The Bertz CT molecular complexity index is 905. The van der Waals surface area contributed by atoms with E-state index in [-0.39, 0.29) is 0 Å². The van der Waals surface area contributed by atoms with Crippen LogP contribution in [-0.2, 0) is 5.75 Å². The Morgan fingerprint density at radius 3 is 2.83 bits per heavy atom. The van der Waals surface area contributed by atoms with Crippen molar-refractivity contribution < 1.29 is 0 Å². The highest BCUT2D eigenvalue weighted by Crippen LogP contribution is 2.39. The van der Waals surface area contributed by atoms with Crippen molar-refractivity contribution in [2.24, 2.45) is 0 Å². The van der Waals surface area contributed by atoms with Crippen LogP contribution in [0.2, 0.25) is 5.15 Å². The zero-order valence-corrected chi connectivity index (χ0v) is 15.9. The van der Waals surface area contributed by atoms with E-state index in [1.165, 1.54) is 17.7 Å². The highest BCUT2D eigenvalue weighted by molar-refractivity contribution is 7.98. The summed E-state index contributed by atoms with van der Waals surface area (Å²) < 4.78 is 2.25. The molecule has 1 saturated carbocycles. The number of nitrogens with zero attached hydrogens (tertiary/aromatic N) is 4. The van der Waals surface area contributed by atoms with E-state index in [0.717, 1.165) is 33.2 Å². The van der Waals surface area contributed by atoms with Crippen molar-refractivity contribution in [1.82, 2.24) is 19.7 Å². The fraction of sp³-hybridized carbons (Fsp3) is 0.353. The molecule has 124 valence electrons. The van der Waals surface area contributed by atoms with Crippen molar-refractivity contribution in [2.75, 3.05) is 6.26 Å². The molecule has 1 aromatic carbocycles. The first-order valence-corrected chi connectivity index (χ1v) is 10.4. The molecule has 7 heteroatoms. The number of aromatic nitrogens is 4. The minimum atomic E-state index is 0.572. The summed E-state index contributed by atoms with van der Waals surface area (Å²) in [7, 11) is 0. The Morgan fingerprint density at radius 2 is 2.08 bits per heavy atom. The molecule has 24 heavy (non-hydrogen) atoms. The molecule has 0 aliphatic heterocycles. The van der Waals surface area contributed by atoms with Crippen LogP contribution in [0.3, 0.4) is 0 Å². The van der Waals surface area contributed by atoms with Gasteiger partial charge >= 0.3 is 0 Å². The van der Waals surface area contributed by atoms with Gasteiger partial charge in [-0.15, -0.1) is 22.0 Å². The third-order valence-electron chi connectivity index (χ3n) is 4.15. The number of fused-ring (bicyclic) bond motifs is 1. The van der Waals surface area contributed by atoms with Crippen molar-refractivity contribution in [1.29, 1.82) is 0 Å². The highest BCUT2D eigenvalue weighted by Gasteiger charge is 2.28. The molecule has 0 atom stereocenters. The van der Waals surface area contributed by atoms with Gasteiger partial charge in [-0.1, -0.05) is 29.4 Å². The Balaban J connectivity index is 1.59. The minimum Gasteiger partial charge on any atom is -0.303 e. The normalized spacial score (nSPS) is 14.5. The van der Waals surface area contributed by atoms with E-state index in [0.29, 0.717) is 11.2 Å². The molecule has 0 bridgehead atoms. The molecule has 0 radical (unpaired) electrons. The summed E-state index contributed by atoms with van der Waals surface area (Å²) in [5, 5.41) is 11.2. The van der Waals surface area contributed by atoms with Gasteiger partial charge in [0.25, 0.3) is 0 Å². The fourth-order valence-corrected chi connectivity index (χ4v) is 4.49. The van der Waals surface area contributed by atoms with Crippen LogP contribution in [0.15, 0.2) is 34.3 Å². The van der Waals surface area contributed by atoms with E-state index in [9.17, 15) is 0 Å². The van der Waals surface area contributed by atoms with Crippen molar-refractivity contribution in [2.45, 2.75) is 41.6 Å². The van der Waals surface area contributed by atoms with Gasteiger partial charge in [-0.05, 0) is 44.2 Å². The molecule has 0 saturated heterocycles. The summed E-state index contributed by atoms with van der Waals surface area (Å²) in [6, 6.07) is 9.02. The van der Waals surface area contributed by atoms with Crippen LogP contribution >= 0.6 is 35.1 Å². The number of benzene rings is 1. The Hall–Kier alpha value is -1.24. The standard InChI is InChI=1S/C17H17ClN4S2/c1-10-20-21-17(22(10)13-4-5-13)24-9-12-7-11-3-6-14(23-2)8-15(11)19-16(12)18/h3,6-8,13H,4-5,9H2,1-2H3. The number of hydrogen-bond acceptors (Lipinski definition) is 5. The number of aryl methyl sites for hydroxylation is 1. The average Bonchev–Trinajstić information content (AvgIpc) is 3.35. The van der Waals surface area contributed by atoms with Crippen LogP contribution in [-0.4, -0.2) is 26.0 Å². The van der Waals surface area contributed by atoms with Gasteiger partial charge in [0.1, 0.15) is 11.0 Å². The summed E-state index contributed by atoms with van der Waals surface area (Å²) in [4.78, 5) is 5.76. The second kappa shape index (κ2) is 6.58. The minimum absolute atomic E-state index is 0.572. The predicted molar refractivity (Wildman–Crippen MR) is 101 cm³/mol. The summed E-state index contributed by atoms with van der Waals surface area (Å²) in [6.07, 6.45) is 4.51. The molecule has 0 N–H and O–H groups in total. The summed E-state index contributed by atoms with van der Waals surface area (Å²) in [5.41, 5.74) is 1.98. The number of hydrogen-bond donors (Lipinski definition) is 0. The zero-order chi connectivity index (χ0) is 16.7. The molecule has 4 rings (SSSR count). The quantitative estimate of drug-likeness (QED) is 0.455. The monoisotopic (exact) mass is 376 g/mol. The van der Waals surface area contributed by atoms with Crippen molar-refractivity contribution in [3.63, 3.8) is 0 Å². The Labute approximate surface area is 154 Å². The molecule has 0 spiro atoms. The summed E-state index contributed by atoms with van der Waals surface area (Å²) in [5.74, 6) is 1.74. The molecule has 3 aromatic rings. The summed E-state index contributed by atoms with van der Waals surface area (Å²) >= 11 is 9.80. The maximum absolute atomic E-state index is 6.41. The number of pyridine rings is 1. The van der Waals surface area contributed by atoms with Gasteiger partial charge in [-0.3, -0.25) is 0 Å². The molecule has 2 heterocycles. The average molecular weight is 377 g/mol. The van der Waals surface area contributed by atoms with Gasteiger partial charge in [0.2, 0.25) is 0 Å². The second-order valence-corrected chi connectivity index (χ2v) is 8.10. The van der Waals surface area contributed by atoms with Crippen LogP contribution in [0.4, 0.5) is 0 Å². The number of thioether (sulfide) groups is 2. The third-order valence-corrected chi connectivity index (χ3v) is 6.20. The van der Waals surface area contributed by atoms with Crippen LogP contribution in [0.5, 0.6) is 0 Å². The first kappa shape index (κ1) is 16.2. The molecular formula is C17H17ClN4S2. The van der Waals surface area contributed by atoms with Gasteiger partial charge in [-0.25, -0.2) is 4.98 Å². The third kappa shape index (κ3) is 3.15. The van der Waals surface area contributed by atoms with Crippen LogP contribution in [0.25, 0.3) is 10.9 Å². The Morgan fingerprint density at radius 1 is 1.25 bits per heavy atom. The lowest BCUT2D eigenvalue weighted by atomic mass is 10.2. The fourth-order valence-electron chi connectivity index (χ4n) is 2.74. The maximum atomic E-state index is 6.41. The predicted octanol–water partition coefficient (Wildman–Crippen LogP) is 5.14. The molecule has 1 aliphatic rings. The SMILES string of the molecule is CSc1ccc2cc(CSc3nnc(C)n3C3CC3)c(Cl)nc2c1. The Kier molecular flexibility index (Phi) is 4.45. The lowest BCUT2D eigenvalue weighted by molar-refractivity contribution is 0.644. The molecule has 1 aliphatic carbocycles. The molecule has 2 aromatic heterocycles. The van der Waals surface area contributed by atoms with Crippen molar-refractivity contribution in [3.05, 3.63) is 40.8 Å². The topological polar surface area (TPSA) is 43.6 Å². The summed E-state index contributed by atoms with van der Waals surface area (Å²) in [6.45, 7) is 2.02. The molecule has 1 fully saturated rings. The highest BCUT2D eigenvalue weighted by atomic mass is 35.5. The lowest BCUT2D eigenvalue weighted by Gasteiger charge is -2.08. The smallest absolute Gasteiger partial charge is 0.191 e. The number of rotatable bonds is 5. The molecule has 4 nitrogen and oxygen atoms in total. The van der Waals surface area contributed by atoms with Gasteiger partial charge in [0.05, 0.1) is 5.52 Å². The van der Waals surface area contributed by atoms with Gasteiger partial charge < -0.3 is 4.57 Å². The van der Waals surface area contributed by atoms with E-state index in [1.807, 2.05) is 6.92 Å². The lowest BCUT2D eigenvalue weighted by Crippen LogP contribution is -1.99. The van der Waals surface area contributed by atoms with E-state index in [4.69, 9.17) is 11.6 Å². The van der Waals surface area contributed by atoms with Crippen molar-refractivity contribution in [3.8, 4) is 0 Å². The first-order valence-electron chi connectivity index (χ1n) is 7.83. The van der Waals surface area contributed by atoms with Gasteiger partial charge in [0, 0.05) is 27.6 Å². The first-order chi connectivity index (χ1) is 11.7. The molecule has 0 unspecified atom stereocenters. The van der Waals surface area contributed by atoms with E-state index in [2.05, 4.69) is 50.3 Å². The second-order valence-electron chi connectivity index (χ2n) is 5.92. The number of halogens is 1. The van der Waals surface area contributed by atoms with Gasteiger partial charge in [0.15, 0.2) is 5.16 Å². The van der Waals surface area contributed by atoms with Gasteiger partial charge in [-0.2, -0.15) is 0 Å². The van der Waals surface area contributed by atoms with E-state index in [1.54, 1.807) is 23.5 Å². The maximum Gasteiger partial charge on any atom is 0.191 e. The van der Waals surface area contributed by atoms with Crippen molar-refractivity contribution >= 4 is 46.0 Å². The van der Waals surface area contributed by atoms with Crippen LogP contribution < -0.4 is 0 Å². The van der Waals surface area contributed by atoms with E-state index >= 15 is 0 Å². The van der Waals surface area contributed by atoms with Crippen LogP contribution in [0.1, 0.15) is 30.3 Å². The molecular weight excluding hydrogens is 360 g/mol.